The van der Waals surface area contributed by atoms with Gasteiger partial charge in [-0.3, -0.25) is 19.0 Å². The normalized spacial score (nSPS) is 15.1. The van der Waals surface area contributed by atoms with Crippen molar-refractivity contribution < 1.29 is 18.6 Å². The van der Waals surface area contributed by atoms with Crippen molar-refractivity contribution in [1.29, 1.82) is 0 Å². The van der Waals surface area contributed by atoms with Crippen molar-refractivity contribution in [3.63, 3.8) is 0 Å². The minimum Gasteiger partial charge on any atom is -0.496 e. The molecule has 1 aliphatic heterocycles. The van der Waals surface area contributed by atoms with Crippen LogP contribution < -0.4 is 16.0 Å². The zero-order valence-corrected chi connectivity index (χ0v) is 22.8. The van der Waals surface area contributed by atoms with Crippen LogP contribution in [0.3, 0.4) is 0 Å². The van der Waals surface area contributed by atoms with Crippen molar-refractivity contribution in [2.24, 2.45) is 0 Å². The molecule has 4 aromatic heterocycles. The van der Waals surface area contributed by atoms with Gasteiger partial charge in [0.15, 0.2) is 0 Å². The lowest BCUT2D eigenvalue weighted by molar-refractivity contribution is -0.0753. The van der Waals surface area contributed by atoms with Crippen LogP contribution in [-0.4, -0.2) is 55.7 Å². The van der Waals surface area contributed by atoms with E-state index in [0.29, 0.717) is 51.3 Å². The van der Waals surface area contributed by atoms with Gasteiger partial charge in [-0.15, -0.1) is 11.3 Å². The Morgan fingerprint density at radius 2 is 2.00 bits per heavy atom. The second-order valence-corrected chi connectivity index (χ2v) is 10.5. The first-order valence-electron chi connectivity index (χ1n) is 12.9. The van der Waals surface area contributed by atoms with Gasteiger partial charge in [-0.1, -0.05) is 18.2 Å². The molecule has 0 spiro atoms. The largest absolute Gasteiger partial charge is 0.496 e. The lowest BCUT2D eigenvalue weighted by Gasteiger charge is -2.29. The number of methoxy groups -OCH3 is 1. The molecule has 1 aromatic carbocycles. The first-order valence-corrected chi connectivity index (χ1v) is 13.7. The van der Waals surface area contributed by atoms with Gasteiger partial charge in [0.25, 0.3) is 5.56 Å². The molecule has 0 saturated carbocycles. The van der Waals surface area contributed by atoms with Gasteiger partial charge in [0.05, 0.1) is 42.8 Å². The summed E-state index contributed by atoms with van der Waals surface area (Å²) in [5.74, 6) is 1.44. The number of fused-ring (bicyclic) bond motifs is 1. The zero-order valence-electron chi connectivity index (χ0n) is 22.0. The molecular formula is C27H28N6O6S. The number of benzene rings is 1. The molecule has 1 fully saturated rings. The van der Waals surface area contributed by atoms with E-state index in [-0.39, 0.29) is 19.2 Å². The third kappa shape index (κ3) is 4.87. The van der Waals surface area contributed by atoms with Gasteiger partial charge in [-0.05, 0) is 31.4 Å². The monoisotopic (exact) mass is 564 g/mol. The molecule has 1 aliphatic rings. The number of aryl methyl sites for hydroxylation is 1. The van der Waals surface area contributed by atoms with Crippen LogP contribution in [0.2, 0.25) is 0 Å². The van der Waals surface area contributed by atoms with Crippen LogP contribution in [0.4, 0.5) is 0 Å². The summed E-state index contributed by atoms with van der Waals surface area (Å²) in [4.78, 5) is 37.5. The Hall–Kier alpha value is -4.07. The Kier molecular flexibility index (Phi) is 7.32. The number of nitrogens with one attached hydrogen (secondary N) is 1. The zero-order chi connectivity index (χ0) is 27.6. The molecule has 1 atom stereocenters. The van der Waals surface area contributed by atoms with Gasteiger partial charge in [0.1, 0.15) is 35.1 Å². The standard InChI is InChI=1S/C27H28N6O6S/c1-16-22-25(34)32(14-21-29-15-30-31-21)27(35)33(26(22)40-23(16)24-28-9-12-38-24)13-20(39-17-7-10-37-11-8-17)18-5-3-4-6-19(18)36-2/h3-6,9,12,15,17,20H,7-8,10-11,13-14H2,1-2H3,(H,29,30,31). The molecule has 5 heterocycles. The van der Waals surface area contributed by atoms with Crippen molar-refractivity contribution in [1.82, 2.24) is 29.3 Å². The molecule has 0 aliphatic carbocycles. The van der Waals surface area contributed by atoms with E-state index in [0.717, 1.165) is 18.4 Å². The molecule has 13 heteroatoms. The van der Waals surface area contributed by atoms with Crippen LogP contribution in [0, 0.1) is 6.92 Å². The minimum absolute atomic E-state index is 0.0529. The van der Waals surface area contributed by atoms with E-state index in [4.69, 9.17) is 18.6 Å². The highest BCUT2D eigenvalue weighted by Gasteiger charge is 2.28. The molecule has 0 radical (unpaired) electrons. The van der Waals surface area contributed by atoms with Crippen LogP contribution in [0.15, 0.2) is 57.1 Å². The van der Waals surface area contributed by atoms with Crippen LogP contribution in [-0.2, 0) is 22.6 Å². The number of ether oxygens (including phenoxy) is 3. The molecule has 1 N–H and O–H groups in total. The molecular weight excluding hydrogens is 536 g/mol. The maximum atomic E-state index is 14.1. The van der Waals surface area contributed by atoms with E-state index in [1.807, 2.05) is 31.2 Å². The number of H-pyrrole nitrogens is 1. The van der Waals surface area contributed by atoms with E-state index in [2.05, 4.69) is 20.2 Å². The molecule has 208 valence electrons. The van der Waals surface area contributed by atoms with E-state index in [9.17, 15) is 9.59 Å². The number of nitrogens with zero attached hydrogens (tertiary/aromatic N) is 5. The van der Waals surface area contributed by atoms with E-state index in [1.54, 1.807) is 17.9 Å². The number of oxazole rings is 1. The number of hydrogen-bond acceptors (Lipinski definition) is 10. The Balaban J connectivity index is 1.53. The average Bonchev–Trinajstić information content (AvgIpc) is 3.75. The molecule has 1 saturated heterocycles. The maximum Gasteiger partial charge on any atom is 0.332 e. The fourth-order valence-corrected chi connectivity index (χ4v) is 6.29. The smallest absolute Gasteiger partial charge is 0.332 e. The van der Waals surface area contributed by atoms with Crippen molar-refractivity contribution in [3.8, 4) is 16.5 Å². The van der Waals surface area contributed by atoms with Crippen molar-refractivity contribution in [3.05, 3.63) is 80.8 Å². The number of rotatable bonds is 9. The minimum atomic E-state index is -0.538. The van der Waals surface area contributed by atoms with Crippen LogP contribution >= 0.6 is 11.3 Å². The number of aromatic nitrogens is 6. The number of hydrogen-bond donors (Lipinski definition) is 1. The Morgan fingerprint density at radius 1 is 1.18 bits per heavy atom. The maximum absolute atomic E-state index is 14.1. The Labute approximate surface area is 232 Å². The third-order valence-electron chi connectivity index (χ3n) is 7.05. The lowest BCUT2D eigenvalue weighted by Crippen LogP contribution is -2.41. The summed E-state index contributed by atoms with van der Waals surface area (Å²) in [6, 6.07) is 7.61. The topological polar surface area (TPSA) is 139 Å². The number of thiophene rings is 1. The van der Waals surface area contributed by atoms with Crippen LogP contribution in [0.1, 0.15) is 35.9 Å². The van der Waals surface area contributed by atoms with Crippen molar-refractivity contribution in [2.75, 3.05) is 20.3 Å². The van der Waals surface area contributed by atoms with Gasteiger partial charge in [0, 0.05) is 18.8 Å². The van der Waals surface area contributed by atoms with Crippen LogP contribution in [0.25, 0.3) is 21.0 Å². The highest BCUT2D eigenvalue weighted by atomic mass is 32.1. The highest BCUT2D eigenvalue weighted by Crippen LogP contribution is 2.37. The average molecular weight is 565 g/mol. The van der Waals surface area contributed by atoms with Gasteiger partial charge >= 0.3 is 5.69 Å². The predicted molar refractivity (Wildman–Crippen MR) is 147 cm³/mol. The second-order valence-electron chi connectivity index (χ2n) is 9.47. The quantitative estimate of drug-likeness (QED) is 0.286. The van der Waals surface area contributed by atoms with Crippen molar-refractivity contribution in [2.45, 2.75) is 45.1 Å². The summed E-state index contributed by atoms with van der Waals surface area (Å²) >= 11 is 1.30. The van der Waals surface area contributed by atoms with E-state index >= 15 is 0 Å². The summed E-state index contributed by atoms with van der Waals surface area (Å²) < 4.78 is 26.2. The van der Waals surface area contributed by atoms with E-state index < -0.39 is 17.4 Å². The molecule has 0 bridgehead atoms. The fourth-order valence-electron chi connectivity index (χ4n) is 5.05. The summed E-state index contributed by atoms with van der Waals surface area (Å²) in [7, 11) is 1.61. The fraction of sp³-hybridized carbons (Fsp3) is 0.370. The Bertz CT molecular complexity index is 1720. The number of aromatic amines is 1. The second kappa shape index (κ2) is 11.2. The summed E-state index contributed by atoms with van der Waals surface area (Å²) in [6.07, 6.45) is 5.27. The Morgan fingerprint density at radius 3 is 2.73 bits per heavy atom. The van der Waals surface area contributed by atoms with Crippen molar-refractivity contribution >= 4 is 21.6 Å². The highest BCUT2D eigenvalue weighted by molar-refractivity contribution is 7.22. The number of para-hydroxylation sites is 1. The predicted octanol–water partition coefficient (Wildman–Crippen LogP) is 3.30. The first kappa shape index (κ1) is 26.2. The van der Waals surface area contributed by atoms with Gasteiger partial charge in [-0.25, -0.2) is 14.8 Å². The SMILES string of the molecule is COc1ccccc1C(Cn1c(=O)n(Cc2ncn[nH]2)c(=O)c2c(C)c(-c3ncco3)sc21)OC1CCOCC1. The molecule has 5 aromatic rings. The third-order valence-corrected chi connectivity index (χ3v) is 8.36. The lowest BCUT2D eigenvalue weighted by atomic mass is 10.1. The summed E-state index contributed by atoms with van der Waals surface area (Å²) in [6.45, 7) is 3.15. The molecule has 40 heavy (non-hydrogen) atoms. The first-order chi connectivity index (χ1) is 19.5. The van der Waals surface area contributed by atoms with Gasteiger partial charge in [-0.2, -0.15) is 5.10 Å². The molecule has 12 nitrogen and oxygen atoms in total. The summed E-state index contributed by atoms with van der Waals surface area (Å²) in [5.41, 5.74) is 0.598. The van der Waals surface area contributed by atoms with Gasteiger partial charge < -0.3 is 18.6 Å². The molecule has 0 amide bonds. The van der Waals surface area contributed by atoms with Crippen LogP contribution in [0.5, 0.6) is 5.75 Å². The van der Waals surface area contributed by atoms with Gasteiger partial charge in [0.2, 0.25) is 5.89 Å². The molecule has 1 unspecified atom stereocenters. The summed E-state index contributed by atoms with van der Waals surface area (Å²) in [5, 5.41) is 7.03. The molecule has 6 rings (SSSR count). The van der Waals surface area contributed by atoms with E-state index in [1.165, 1.54) is 28.5 Å².